The van der Waals surface area contributed by atoms with E-state index in [1.165, 1.54) is 0 Å². The van der Waals surface area contributed by atoms with Gasteiger partial charge in [0.05, 0.1) is 5.92 Å². The van der Waals surface area contributed by atoms with Gasteiger partial charge < -0.3 is 9.47 Å². The molecule has 0 amide bonds. The molecule has 5 heteroatoms. The first kappa shape index (κ1) is 13.0. The highest BCUT2D eigenvalue weighted by molar-refractivity contribution is 5.74. The van der Waals surface area contributed by atoms with E-state index in [0.29, 0.717) is 11.8 Å². The van der Waals surface area contributed by atoms with Gasteiger partial charge in [0.1, 0.15) is 0 Å². The molecule has 5 aliphatic rings. The summed E-state index contributed by atoms with van der Waals surface area (Å²) in [5.41, 5.74) is -0.610. The molecule has 20 heavy (non-hydrogen) atoms. The Kier molecular flexibility index (Phi) is 2.58. The van der Waals surface area contributed by atoms with E-state index >= 15 is 0 Å². The molecule has 7 atom stereocenters. The fourth-order valence-corrected chi connectivity index (χ4v) is 4.76. The van der Waals surface area contributed by atoms with Crippen LogP contribution in [-0.4, -0.2) is 23.6 Å². The van der Waals surface area contributed by atoms with Crippen molar-refractivity contribution in [3.63, 3.8) is 0 Å². The van der Waals surface area contributed by atoms with E-state index in [1.54, 1.807) is 0 Å². The summed E-state index contributed by atoms with van der Waals surface area (Å²) < 4.78 is 11.6. The Morgan fingerprint density at radius 3 is 2.70 bits per heavy atom. The largest absolute Gasteiger partial charge is 0.432 e. The topological polar surface area (TPSA) is 54.0 Å². The van der Waals surface area contributed by atoms with Crippen LogP contribution in [0.25, 0.3) is 0 Å². The Morgan fingerprint density at radius 2 is 1.90 bits per heavy atom. The van der Waals surface area contributed by atoms with Crippen LogP contribution in [0.3, 0.4) is 0 Å². The third-order valence-electron chi connectivity index (χ3n) is 5.97. The van der Waals surface area contributed by atoms with Gasteiger partial charge in [-0.25, -0.2) is 9.78 Å². The van der Waals surface area contributed by atoms with Crippen molar-refractivity contribution in [2.24, 2.45) is 23.7 Å². The molecule has 0 radical (unpaired) electrons. The minimum Gasteiger partial charge on any atom is -0.432 e. The number of ether oxygens (including phenoxy) is 2. The second kappa shape index (κ2) is 3.96. The molecule has 1 aliphatic carbocycles. The predicted octanol–water partition coefficient (Wildman–Crippen LogP) is 2.39. The number of rotatable bonds is 0. The zero-order chi connectivity index (χ0) is 14.1. The molecule has 2 bridgehead atoms. The van der Waals surface area contributed by atoms with Crippen molar-refractivity contribution in [1.29, 1.82) is 0 Å². The van der Waals surface area contributed by atoms with Gasteiger partial charge in [0.2, 0.25) is 12.1 Å². The molecule has 0 N–H and O–H groups in total. The van der Waals surface area contributed by atoms with Crippen LogP contribution in [0.1, 0.15) is 46.5 Å². The van der Waals surface area contributed by atoms with Crippen LogP contribution >= 0.6 is 0 Å². The van der Waals surface area contributed by atoms with Gasteiger partial charge in [0, 0.05) is 18.3 Å². The summed E-state index contributed by atoms with van der Waals surface area (Å²) in [5.74, 6) is -0.137. The van der Waals surface area contributed by atoms with E-state index in [1.807, 2.05) is 13.8 Å². The molecule has 1 spiro atoms. The van der Waals surface area contributed by atoms with Crippen LogP contribution < -0.4 is 0 Å². The predicted molar refractivity (Wildman–Crippen MR) is 68.0 cm³/mol. The van der Waals surface area contributed by atoms with Crippen LogP contribution in [-0.2, 0) is 24.0 Å². The Labute approximate surface area is 118 Å². The van der Waals surface area contributed by atoms with Gasteiger partial charge in [-0.15, -0.1) is 0 Å². The van der Waals surface area contributed by atoms with Gasteiger partial charge in [-0.05, 0) is 32.1 Å². The van der Waals surface area contributed by atoms with Crippen molar-refractivity contribution in [3.8, 4) is 0 Å². The Morgan fingerprint density at radius 1 is 1.10 bits per heavy atom. The van der Waals surface area contributed by atoms with Crippen LogP contribution in [0.4, 0.5) is 0 Å². The van der Waals surface area contributed by atoms with E-state index in [4.69, 9.17) is 19.2 Å². The molecule has 0 aromatic rings. The maximum Gasteiger partial charge on any atom is 0.311 e. The first-order valence-corrected chi connectivity index (χ1v) is 7.71. The van der Waals surface area contributed by atoms with Crippen LogP contribution in [0, 0.1) is 23.7 Å². The molecule has 5 nitrogen and oxygen atoms in total. The fraction of sp³-hybridized carbons (Fsp3) is 0.933. The maximum absolute atomic E-state index is 12.1. The van der Waals surface area contributed by atoms with Gasteiger partial charge in [-0.2, -0.15) is 0 Å². The standard InChI is InChI=1S/C15H22O5/c1-8-4-5-11-9(2)12(16)17-13-15(11)10(8)6-7-14(3,18-13)19-20-15/h8-11,13H,4-7H2,1-3H3/t8-,9-,10+,11+,13-,14?,15-/m1/s1. The average molecular weight is 282 g/mol. The third kappa shape index (κ3) is 1.46. The van der Waals surface area contributed by atoms with E-state index in [9.17, 15) is 4.79 Å². The molecule has 5 rings (SSSR count). The molecule has 4 aliphatic heterocycles. The Balaban J connectivity index is 1.84. The van der Waals surface area contributed by atoms with Crippen LogP contribution in [0.2, 0.25) is 0 Å². The molecular weight excluding hydrogens is 260 g/mol. The second-order valence-corrected chi connectivity index (χ2v) is 7.14. The Bertz CT molecular complexity index is 452. The van der Waals surface area contributed by atoms with Crippen molar-refractivity contribution in [2.45, 2.75) is 64.1 Å². The molecule has 1 unspecified atom stereocenters. The number of hydrogen-bond acceptors (Lipinski definition) is 5. The lowest BCUT2D eigenvalue weighted by Gasteiger charge is -2.57. The minimum absolute atomic E-state index is 0.123. The molecule has 112 valence electrons. The highest BCUT2D eigenvalue weighted by Gasteiger charge is 2.69. The number of carbonyl (C=O) groups excluding carboxylic acids is 1. The van der Waals surface area contributed by atoms with E-state index in [2.05, 4.69) is 6.92 Å². The van der Waals surface area contributed by atoms with E-state index < -0.39 is 17.7 Å². The number of esters is 1. The van der Waals surface area contributed by atoms with Crippen molar-refractivity contribution in [3.05, 3.63) is 0 Å². The summed E-state index contributed by atoms with van der Waals surface area (Å²) in [6, 6.07) is 0. The zero-order valence-corrected chi connectivity index (χ0v) is 12.3. The highest BCUT2D eigenvalue weighted by atomic mass is 17.3. The zero-order valence-electron chi connectivity index (χ0n) is 12.3. The normalized spacial score (nSPS) is 57.8. The summed E-state index contributed by atoms with van der Waals surface area (Å²) in [4.78, 5) is 23.7. The summed E-state index contributed by atoms with van der Waals surface area (Å²) in [6.45, 7) is 6.06. The molecule has 1 saturated carbocycles. The van der Waals surface area contributed by atoms with Crippen molar-refractivity contribution in [1.82, 2.24) is 0 Å². The number of hydrogen-bond donors (Lipinski definition) is 0. The lowest BCUT2D eigenvalue weighted by Crippen LogP contribution is -2.69. The van der Waals surface area contributed by atoms with E-state index in [-0.39, 0.29) is 17.8 Å². The lowest BCUT2D eigenvalue weighted by atomic mass is 9.58. The maximum atomic E-state index is 12.1. The first-order valence-electron chi connectivity index (χ1n) is 7.71. The number of carbonyl (C=O) groups is 1. The van der Waals surface area contributed by atoms with Crippen molar-refractivity contribution >= 4 is 5.97 Å². The van der Waals surface area contributed by atoms with E-state index in [0.717, 1.165) is 25.7 Å². The minimum atomic E-state index is -0.793. The van der Waals surface area contributed by atoms with Gasteiger partial charge in [-0.3, -0.25) is 4.79 Å². The third-order valence-corrected chi connectivity index (χ3v) is 5.97. The number of fused-ring (bicyclic) bond motifs is 2. The summed E-state index contributed by atoms with van der Waals surface area (Å²) in [7, 11) is 0. The molecular formula is C15H22O5. The van der Waals surface area contributed by atoms with Crippen molar-refractivity contribution < 1.29 is 24.0 Å². The quantitative estimate of drug-likeness (QED) is 0.504. The summed E-state index contributed by atoms with van der Waals surface area (Å²) >= 11 is 0. The SMILES string of the molecule is C[C@@H]1CC[C@H]2[C@@H](C)C(=O)O[C@@H]3OC4(C)CC[C@@H]1[C@]32OO4. The highest BCUT2D eigenvalue weighted by Crippen LogP contribution is 2.59. The molecule has 0 aromatic heterocycles. The monoisotopic (exact) mass is 282 g/mol. The second-order valence-electron chi connectivity index (χ2n) is 7.14. The van der Waals surface area contributed by atoms with Gasteiger partial charge in [0.25, 0.3) is 0 Å². The smallest absolute Gasteiger partial charge is 0.311 e. The van der Waals surface area contributed by atoms with Crippen molar-refractivity contribution in [2.75, 3.05) is 0 Å². The lowest BCUT2D eigenvalue weighted by molar-refractivity contribution is -0.559. The fourth-order valence-electron chi connectivity index (χ4n) is 4.76. The molecule has 4 heterocycles. The summed E-state index contributed by atoms with van der Waals surface area (Å²) in [5, 5.41) is 0. The van der Waals surface area contributed by atoms with Crippen LogP contribution in [0.5, 0.6) is 0 Å². The van der Waals surface area contributed by atoms with Gasteiger partial charge in [-0.1, -0.05) is 13.8 Å². The molecule has 4 saturated heterocycles. The average Bonchev–Trinajstić information content (AvgIpc) is 2.63. The Hall–Kier alpha value is -0.650. The molecule has 5 fully saturated rings. The van der Waals surface area contributed by atoms with Gasteiger partial charge in [0.15, 0.2) is 5.60 Å². The first-order chi connectivity index (χ1) is 9.46. The molecule has 0 aromatic carbocycles. The van der Waals surface area contributed by atoms with Gasteiger partial charge >= 0.3 is 5.97 Å². The summed E-state index contributed by atoms with van der Waals surface area (Å²) in [6.07, 6.45) is 3.24. The van der Waals surface area contributed by atoms with Crippen LogP contribution in [0.15, 0.2) is 0 Å².